The van der Waals surface area contributed by atoms with Gasteiger partial charge in [0.25, 0.3) is 0 Å². The zero-order valence-corrected chi connectivity index (χ0v) is 13.2. The Morgan fingerprint density at radius 2 is 2.12 bits per heavy atom. The van der Waals surface area contributed by atoms with Crippen LogP contribution < -0.4 is 4.90 Å². The second kappa shape index (κ2) is 6.78. The number of ether oxygens (including phenoxy) is 2. The lowest BCUT2D eigenvalue weighted by molar-refractivity contribution is -0.0773. The van der Waals surface area contributed by atoms with Gasteiger partial charge in [0.2, 0.25) is 5.95 Å². The highest BCUT2D eigenvalue weighted by Gasteiger charge is 2.44. The van der Waals surface area contributed by atoms with Gasteiger partial charge in [0.15, 0.2) is 5.82 Å². The number of fused-ring (bicyclic) bond motifs is 1. The van der Waals surface area contributed by atoms with Gasteiger partial charge in [-0.15, -0.1) is 0 Å². The van der Waals surface area contributed by atoms with E-state index >= 15 is 0 Å². The van der Waals surface area contributed by atoms with Crippen LogP contribution in [0.2, 0.25) is 0 Å². The zero-order chi connectivity index (χ0) is 16.4. The Kier molecular flexibility index (Phi) is 4.36. The van der Waals surface area contributed by atoms with Crippen LogP contribution >= 0.6 is 0 Å². The number of anilines is 1. The van der Waals surface area contributed by atoms with Crippen molar-refractivity contribution in [2.45, 2.75) is 37.7 Å². The number of hydrogen-bond acceptors (Lipinski definition) is 6. The monoisotopic (exact) mass is 330 g/mol. The maximum atomic E-state index is 13.1. The zero-order valence-electron chi connectivity index (χ0n) is 13.2. The molecule has 24 heavy (non-hydrogen) atoms. The van der Waals surface area contributed by atoms with E-state index in [1.165, 1.54) is 12.4 Å². The van der Waals surface area contributed by atoms with Crippen molar-refractivity contribution >= 4 is 5.95 Å². The van der Waals surface area contributed by atoms with Crippen LogP contribution in [0.15, 0.2) is 36.9 Å². The summed E-state index contributed by atoms with van der Waals surface area (Å²) < 4.78 is 25.1. The molecule has 2 aromatic heterocycles. The Morgan fingerprint density at radius 1 is 1.25 bits per heavy atom. The largest absolute Gasteiger partial charge is 0.372 e. The topological polar surface area (TPSA) is 60.4 Å². The van der Waals surface area contributed by atoms with Crippen molar-refractivity contribution in [1.82, 2.24) is 15.0 Å². The molecule has 2 aliphatic rings. The van der Waals surface area contributed by atoms with Gasteiger partial charge in [-0.25, -0.2) is 14.4 Å². The van der Waals surface area contributed by atoms with Crippen LogP contribution in [0.1, 0.15) is 18.4 Å². The summed E-state index contributed by atoms with van der Waals surface area (Å²) in [7, 11) is 0. The van der Waals surface area contributed by atoms with Crippen LogP contribution in [0.4, 0.5) is 10.3 Å². The van der Waals surface area contributed by atoms with Gasteiger partial charge in [0.1, 0.15) is 6.10 Å². The van der Waals surface area contributed by atoms with Crippen molar-refractivity contribution in [3.8, 4) is 0 Å². The first-order chi connectivity index (χ1) is 11.8. The molecule has 3 heterocycles. The normalized spacial score (nSPS) is 26.4. The van der Waals surface area contributed by atoms with Crippen molar-refractivity contribution < 1.29 is 13.9 Å². The second-order valence-corrected chi connectivity index (χ2v) is 6.09. The maximum absolute atomic E-state index is 13.1. The number of aromatic nitrogens is 3. The van der Waals surface area contributed by atoms with Crippen LogP contribution in [0.5, 0.6) is 0 Å². The Bertz CT molecular complexity index is 670. The first-order valence-electron chi connectivity index (χ1n) is 8.17. The summed E-state index contributed by atoms with van der Waals surface area (Å²) in [6, 6.07) is 4.07. The first-order valence-corrected chi connectivity index (χ1v) is 8.17. The van der Waals surface area contributed by atoms with E-state index in [-0.39, 0.29) is 18.2 Å². The molecule has 7 heteroatoms. The van der Waals surface area contributed by atoms with E-state index in [9.17, 15) is 4.39 Å². The first kappa shape index (κ1) is 15.4. The fourth-order valence-corrected chi connectivity index (χ4v) is 3.48. The SMILES string of the molecule is Fc1cnc(N2CCO[C@H]3[C@@H](OCc4cccnc4)CC[C@@H]32)nc1. The van der Waals surface area contributed by atoms with E-state index in [2.05, 4.69) is 19.9 Å². The molecule has 1 saturated heterocycles. The van der Waals surface area contributed by atoms with Crippen LogP contribution in [-0.2, 0) is 16.1 Å². The highest BCUT2D eigenvalue weighted by atomic mass is 19.1. The lowest BCUT2D eigenvalue weighted by Gasteiger charge is -2.39. The van der Waals surface area contributed by atoms with Gasteiger partial charge in [-0.3, -0.25) is 4.98 Å². The minimum absolute atomic E-state index is 0.0101. The van der Waals surface area contributed by atoms with E-state index in [0.717, 1.165) is 18.4 Å². The number of halogens is 1. The molecule has 2 aromatic rings. The molecule has 4 rings (SSSR count). The Morgan fingerprint density at radius 3 is 2.92 bits per heavy atom. The van der Waals surface area contributed by atoms with Crippen molar-refractivity contribution in [3.05, 3.63) is 48.3 Å². The molecule has 6 nitrogen and oxygen atoms in total. The summed E-state index contributed by atoms with van der Waals surface area (Å²) in [6.07, 6.45) is 7.88. The van der Waals surface area contributed by atoms with Gasteiger partial charge in [-0.1, -0.05) is 6.07 Å². The Hall–Kier alpha value is -2.12. The summed E-state index contributed by atoms with van der Waals surface area (Å²) in [6.45, 7) is 1.83. The predicted octanol–water partition coefficient (Wildman–Crippen LogP) is 1.96. The van der Waals surface area contributed by atoms with Gasteiger partial charge in [0, 0.05) is 18.9 Å². The standard InChI is InChI=1S/C17H19FN4O2/c18-13-9-20-17(21-10-13)22-6-7-23-16-14(22)3-4-15(16)24-11-12-2-1-5-19-8-12/h1-2,5,8-10,14-16H,3-4,6-7,11H2/t14-,15-,16+/m0/s1. The quantitative estimate of drug-likeness (QED) is 0.854. The number of nitrogens with zero attached hydrogens (tertiary/aromatic N) is 4. The summed E-state index contributed by atoms with van der Waals surface area (Å²) in [5.74, 6) is 0.135. The Labute approximate surface area is 139 Å². The lowest BCUT2D eigenvalue weighted by atomic mass is 10.1. The molecule has 2 fully saturated rings. The van der Waals surface area contributed by atoms with Crippen molar-refractivity contribution in [2.24, 2.45) is 0 Å². The van der Waals surface area contributed by atoms with Gasteiger partial charge < -0.3 is 14.4 Å². The second-order valence-electron chi connectivity index (χ2n) is 6.09. The number of morpholine rings is 1. The van der Waals surface area contributed by atoms with Gasteiger partial charge >= 0.3 is 0 Å². The molecule has 0 amide bonds. The third-order valence-corrected chi connectivity index (χ3v) is 4.59. The molecule has 126 valence electrons. The van der Waals surface area contributed by atoms with Crippen molar-refractivity contribution in [3.63, 3.8) is 0 Å². The highest BCUT2D eigenvalue weighted by Crippen LogP contribution is 2.34. The predicted molar refractivity (Wildman–Crippen MR) is 84.9 cm³/mol. The molecule has 3 atom stereocenters. The van der Waals surface area contributed by atoms with Crippen molar-refractivity contribution in [1.29, 1.82) is 0 Å². The molecule has 0 spiro atoms. The Balaban J connectivity index is 1.43. The van der Waals surface area contributed by atoms with E-state index in [0.29, 0.717) is 25.7 Å². The summed E-state index contributed by atoms with van der Waals surface area (Å²) >= 11 is 0. The minimum Gasteiger partial charge on any atom is -0.372 e. The molecule has 0 N–H and O–H groups in total. The van der Waals surface area contributed by atoms with Gasteiger partial charge in [-0.2, -0.15) is 0 Å². The van der Waals surface area contributed by atoms with Crippen LogP contribution in [-0.4, -0.2) is 46.4 Å². The summed E-state index contributed by atoms with van der Waals surface area (Å²) in [4.78, 5) is 14.4. The van der Waals surface area contributed by atoms with E-state index < -0.39 is 5.82 Å². The van der Waals surface area contributed by atoms with Crippen LogP contribution in [0.25, 0.3) is 0 Å². The molecule has 0 unspecified atom stereocenters. The van der Waals surface area contributed by atoms with Gasteiger partial charge in [-0.05, 0) is 24.5 Å². The third kappa shape index (κ3) is 3.09. The van der Waals surface area contributed by atoms with Crippen molar-refractivity contribution in [2.75, 3.05) is 18.1 Å². The molecule has 1 saturated carbocycles. The molecular formula is C17H19FN4O2. The number of rotatable bonds is 4. The molecule has 0 radical (unpaired) electrons. The fourth-order valence-electron chi connectivity index (χ4n) is 3.48. The van der Waals surface area contributed by atoms with Crippen LogP contribution in [0.3, 0.4) is 0 Å². The minimum atomic E-state index is -0.423. The average Bonchev–Trinajstić information content (AvgIpc) is 3.05. The molecule has 0 aromatic carbocycles. The molecule has 1 aliphatic carbocycles. The third-order valence-electron chi connectivity index (χ3n) is 4.59. The lowest BCUT2D eigenvalue weighted by Crippen LogP contribution is -2.52. The fraction of sp³-hybridized carbons (Fsp3) is 0.471. The summed E-state index contributed by atoms with van der Waals surface area (Å²) in [5, 5.41) is 0. The summed E-state index contributed by atoms with van der Waals surface area (Å²) in [5.41, 5.74) is 1.05. The average molecular weight is 330 g/mol. The van der Waals surface area contributed by atoms with E-state index in [1.54, 1.807) is 6.20 Å². The maximum Gasteiger partial charge on any atom is 0.225 e. The molecule has 1 aliphatic heterocycles. The number of hydrogen-bond donors (Lipinski definition) is 0. The van der Waals surface area contributed by atoms with Gasteiger partial charge in [0.05, 0.1) is 37.8 Å². The number of pyridine rings is 1. The van der Waals surface area contributed by atoms with Crippen LogP contribution in [0, 0.1) is 5.82 Å². The van der Waals surface area contributed by atoms with E-state index in [4.69, 9.17) is 9.47 Å². The molecule has 0 bridgehead atoms. The smallest absolute Gasteiger partial charge is 0.225 e. The highest BCUT2D eigenvalue weighted by molar-refractivity contribution is 5.33. The molecular weight excluding hydrogens is 311 g/mol. The van der Waals surface area contributed by atoms with E-state index in [1.807, 2.05) is 18.3 Å².